The predicted octanol–water partition coefficient (Wildman–Crippen LogP) is 1.43. The van der Waals surface area contributed by atoms with Crippen molar-refractivity contribution in [1.82, 2.24) is 10.6 Å². The molecule has 1 aromatic rings. The number of hydrogen-bond donors (Lipinski definition) is 3. The molecular weight excluding hydrogens is 317 g/mol. The van der Waals surface area contributed by atoms with E-state index in [-0.39, 0.29) is 28.2 Å². The lowest BCUT2D eigenvalue weighted by molar-refractivity contribution is -0.120. The fraction of sp³-hybridized carbons (Fsp3) is 0.333. The van der Waals surface area contributed by atoms with Crippen LogP contribution in [0.15, 0.2) is 16.6 Å². The lowest BCUT2D eigenvalue weighted by atomic mass is 10.2. The number of anilines is 1. The Bertz CT molecular complexity index is 494. The fourth-order valence-corrected chi connectivity index (χ4v) is 1.82. The summed E-state index contributed by atoms with van der Waals surface area (Å²) in [5.74, 6) is -1.38. The van der Waals surface area contributed by atoms with E-state index in [2.05, 4.69) is 26.6 Å². The first kappa shape index (κ1) is 15.4. The van der Waals surface area contributed by atoms with E-state index in [4.69, 9.17) is 5.73 Å². The molecule has 0 spiro atoms. The van der Waals surface area contributed by atoms with Crippen LogP contribution in [0.4, 0.5) is 10.1 Å². The summed E-state index contributed by atoms with van der Waals surface area (Å²) in [4.78, 5) is 23.1. The number of carbonyl (C=O) groups is 2. The van der Waals surface area contributed by atoms with Crippen molar-refractivity contribution in [2.24, 2.45) is 0 Å². The first-order chi connectivity index (χ1) is 8.95. The minimum absolute atomic E-state index is 0.121. The van der Waals surface area contributed by atoms with Crippen LogP contribution in [0.25, 0.3) is 0 Å². The van der Waals surface area contributed by atoms with E-state index in [0.29, 0.717) is 6.54 Å². The number of hydrogen-bond acceptors (Lipinski definition) is 3. The quantitative estimate of drug-likeness (QED) is 0.713. The highest BCUT2D eigenvalue weighted by Crippen LogP contribution is 2.22. The van der Waals surface area contributed by atoms with Gasteiger partial charge in [-0.1, -0.05) is 6.92 Å². The van der Waals surface area contributed by atoms with Gasteiger partial charge in [0.25, 0.3) is 5.91 Å². The Morgan fingerprint density at radius 2 is 2.05 bits per heavy atom. The largest absolute Gasteiger partial charge is 0.396 e. The molecule has 0 fully saturated rings. The summed E-state index contributed by atoms with van der Waals surface area (Å²) in [6.07, 6.45) is 0.819. The van der Waals surface area contributed by atoms with Crippen LogP contribution < -0.4 is 16.4 Å². The maximum Gasteiger partial charge on any atom is 0.252 e. The van der Waals surface area contributed by atoms with Crippen LogP contribution in [-0.4, -0.2) is 24.9 Å². The zero-order valence-corrected chi connectivity index (χ0v) is 12.0. The maximum absolute atomic E-state index is 13.1. The second kappa shape index (κ2) is 7.08. The third kappa shape index (κ3) is 4.51. The molecule has 19 heavy (non-hydrogen) atoms. The molecule has 2 amide bonds. The van der Waals surface area contributed by atoms with Gasteiger partial charge in [-0.05, 0) is 34.5 Å². The molecule has 1 aromatic carbocycles. The number of nitrogens with two attached hydrogens (primary N) is 1. The van der Waals surface area contributed by atoms with Crippen molar-refractivity contribution in [2.45, 2.75) is 13.3 Å². The highest BCUT2D eigenvalue weighted by Gasteiger charge is 2.14. The normalized spacial score (nSPS) is 10.1. The van der Waals surface area contributed by atoms with Crippen molar-refractivity contribution in [3.05, 3.63) is 28.0 Å². The third-order valence-electron chi connectivity index (χ3n) is 2.31. The Morgan fingerprint density at radius 3 is 2.68 bits per heavy atom. The summed E-state index contributed by atoms with van der Waals surface area (Å²) >= 11 is 3.07. The van der Waals surface area contributed by atoms with E-state index >= 15 is 0 Å². The van der Waals surface area contributed by atoms with Crippen molar-refractivity contribution in [2.75, 3.05) is 18.8 Å². The molecule has 5 nitrogen and oxygen atoms in total. The minimum Gasteiger partial charge on any atom is -0.396 e. The van der Waals surface area contributed by atoms with E-state index in [1.165, 1.54) is 6.07 Å². The zero-order chi connectivity index (χ0) is 14.4. The van der Waals surface area contributed by atoms with Gasteiger partial charge in [-0.15, -0.1) is 0 Å². The topological polar surface area (TPSA) is 84.2 Å². The molecule has 7 heteroatoms. The van der Waals surface area contributed by atoms with Crippen molar-refractivity contribution in [3.8, 4) is 0 Å². The van der Waals surface area contributed by atoms with Gasteiger partial charge in [-0.2, -0.15) is 0 Å². The Hall–Kier alpha value is -1.63. The molecule has 0 saturated heterocycles. The van der Waals surface area contributed by atoms with Crippen molar-refractivity contribution in [3.63, 3.8) is 0 Å². The van der Waals surface area contributed by atoms with Crippen LogP contribution in [0.2, 0.25) is 0 Å². The van der Waals surface area contributed by atoms with E-state index in [9.17, 15) is 14.0 Å². The fourth-order valence-electron chi connectivity index (χ4n) is 1.32. The number of nitrogens with one attached hydrogen (secondary N) is 2. The zero-order valence-electron chi connectivity index (χ0n) is 10.4. The summed E-state index contributed by atoms with van der Waals surface area (Å²) in [5, 5.41) is 5.06. The molecule has 0 aliphatic rings. The van der Waals surface area contributed by atoms with Crippen LogP contribution in [0.1, 0.15) is 23.7 Å². The van der Waals surface area contributed by atoms with Crippen LogP contribution in [-0.2, 0) is 4.79 Å². The number of carbonyl (C=O) groups excluding carboxylic acids is 2. The Kier molecular flexibility index (Phi) is 5.75. The summed E-state index contributed by atoms with van der Waals surface area (Å²) in [5.41, 5.74) is 5.45. The van der Waals surface area contributed by atoms with E-state index in [0.717, 1.165) is 12.5 Å². The van der Waals surface area contributed by atoms with Gasteiger partial charge in [0.2, 0.25) is 5.91 Å². The number of nitrogen functional groups attached to an aromatic ring is 1. The first-order valence-corrected chi connectivity index (χ1v) is 6.54. The Morgan fingerprint density at radius 1 is 1.37 bits per heavy atom. The van der Waals surface area contributed by atoms with Gasteiger partial charge in [0.05, 0.1) is 17.8 Å². The molecule has 0 heterocycles. The van der Waals surface area contributed by atoms with Gasteiger partial charge in [-0.25, -0.2) is 4.39 Å². The SMILES string of the molecule is CCCNC(=O)CNC(=O)c1cc(N)c(F)cc1Br. The van der Waals surface area contributed by atoms with Gasteiger partial charge in [0.1, 0.15) is 5.82 Å². The number of amides is 2. The van der Waals surface area contributed by atoms with Gasteiger partial charge < -0.3 is 16.4 Å². The first-order valence-electron chi connectivity index (χ1n) is 5.75. The van der Waals surface area contributed by atoms with Gasteiger partial charge >= 0.3 is 0 Å². The van der Waals surface area contributed by atoms with E-state index in [1.807, 2.05) is 6.92 Å². The van der Waals surface area contributed by atoms with E-state index < -0.39 is 11.7 Å². The summed E-state index contributed by atoms with van der Waals surface area (Å²) in [7, 11) is 0. The minimum atomic E-state index is -0.607. The molecule has 0 radical (unpaired) electrons. The van der Waals surface area contributed by atoms with Gasteiger partial charge in [0, 0.05) is 11.0 Å². The molecule has 0 saturated carbocycles. The maximum atomic E-state index is 13.1. The molecule has 4 N–H and O–H groups in total. The Balaban J connectivity index is 2.64. The highest BCUT2D eigenvalue weighted by molar-refractivity contribution is 9.10. The molecular formula is C12H15BrFN3O2. The third-order valence-corrected chi connectivity index (χ3v) is 2.97. The molecule has 0 unspecified atom stereocenters. The van der Waals surface area contributed by atoms with E-state index in [1.54, 1.807) is 0 Å². The summed E-state index contributed by atoms with van der Waals surface area (Å²) in [6.45, 7) is 2.35. The second-order valence-electron chi connectivity index (χ2n) is 3.89. The van der Waals surface area contributed by atoms with Crippen molar-refractivity contribution in [1.29, 1.82) is 0 Å². The molecule has 0 bridgehead atoms. The molecule has 0 aliphatic heterocycles. The monoisotopic (exact) mass is 331 g/mol. The smallest absolute Gasteiger partial charge is 0.252 e. The lowest BCUT2D eigenvalue weighted by Crippen LogP contribution is -2.37. The standard InChI is InChI=1S/C12H15BrFN3O2/c1-2-3-16-11(18)6-17-12(19)7-4-10(15)9(14)5-8(7)13/h4-5H,2-3,6,15H2,1H3,(H,16,18)(H,17,19). The summed E-state index contributed by atoms with van der Waals surface area (Å²) < 4.78 is 13.4. The number of halogens is 2. The van der Waals surface area contributed by atoms with Gasteiger partial charge in [-0.3, -0.25) is 9.59 Å². The van der Waals surface area contributed by atoms with Crippen LogP contribution in [0, 0.1) is 5.82 Å². The average Bonchev–Trinajstić information content (AvgIpc) is 2.37. The van der Waals surface area contributed by atoms with Crippen molar-refractivity contribution < 1.29 is 14.0 Å². The van der Waals surface area contributed by atoms with Crippen LogP contribution in [0.3, 0.4) is 0 Å². The predicted molar refractivity (Wildman–Crippen MR) is 74.1 cm³/mol. The van der Waals surface area contributed by atoms with Crippen LogP contribution >= 0.6 is 15.9 Å². The molecule has 104 valence electrons. The molecule has 0 aliphatic carbocycles. The second-order valence-corrected chi connectivity index (χ2v) is 4.74. The molecule has 0 aromatic heterocycles. The van der Waals surface area contributed by atoms with Gasteiger partial charge in [0.15, 0.2) is 0 Å². The Labute approximate surface area is 118 Å². The number of benzene rings is 1. The lowest BCUT2D eigenvalue weighted by Gasteiger charge is -2.08. The molecule has 0 atom stereocenters. The van der Waals surface area contributed by atoms with Crippen LogP contribution in [0.5, 0.6) is 0 Å². The molecule has 1 rings (SSSR count). The average molecular weight is 332 g/mol. The number of rotatable bonds is 5. The summed E-state index contributed by atoms with van der Waals surface area (Å²) in [6, 6.07) is 2.33. The van der Waals surface area contributed by atoms with Crippen molar-refractivity contribution >= 4 is 33.4 Å². The highest BCUT2D eigenvalue weighted by atomic mass is 79.9.